The van der Waals surface area contributed by atoms with Gasteiger partial charge in [0.15, 0.2) is 0 Å². The van der Waals surface area contributed by atoms with Crippen LogP contribution in [-0.4, -0.2) is 18.7 Å². The second-order valence-electron chi connectivity index (χ2n) is 7.16. The molecule has 30 heavy (non-hydrogen) atoms. The molecule has 0 aliphatic rings. The molecule has 0 saturated heterocycles. The van der Waals surface area contributed by atoms with E-state index in [1.165, 1.54) is 18.0 Å². The van der Waals surface area contributed by atoms with Crippen LogP contribution >= 0.6 is 23.2 Å². The van der Waals surface area contributed by atoms with Gasteiger partial charge in [0.2, 0.25) is 0 Å². The molecule has 0 aliphatic heterocycles. The van der Waals surface area contributed by atoms with E-state index in [4.69, 9.17) is 23.2 Å². The van der Waals surface area contributed by atoms with Crippen molar-refractivity contribution in [2.45, 2.75) is 19.8 Å². The van der Waals surface area contributed by atoms with Crippen molar-refractivity contribution in [2.24, 2.45) is 0 Å². The summed E-state index contributed by atoms with van der Waals surface area (Å²) in [7, 11) is 1.53. The molecule has 1 amide bonds. The molecule has 0 radical (unpaired) electrons. The topological polar surface area (TPSA) is 37.4 Å². The maximum atomic E-state index is 14.2. The van der Waals surface area contributed by atoms with Gasteiger partial charge in [-0.25, -0.2) is 4.39 Å². The van der Waals surface area contributed by atoms with E-state index in [2.05, 4.69) is 0 Å². The number of ketones is 1. The molecule has 3 rings (SSSR count). The first-order valence-electron chi connectivity index (χ1n) is 9.33. The molecule has 3 aromatic rings. The van der Waals surface area contributed by atoms with Gasteiger partial charge in [0.05, 0.1) is 15.7 Å². The van der Waals surface area contributed by atoms with Crippen LogP contribution < -0.4 is 4.90 Å². The number of nitrogens with zero attached hydrogens (tertiary/aromatic N) is 1. The van der Waals surface area contributed by atoms with E-state index in [1.54, 1.807) is 61.5 Å². The minimum Gasteiger partial charge on any atom is -0.309 e. The fraction of sp³-hybridized carbons (Fsp3) is 0.167. The standard InChI is InChI=1S/C24H20Cl2FNO2/c1-15-3-10-23(22(27)11-15)28(2)24(30)18-7-4-16(5-8-18)12-19(29)13-17-6-9-20(25)21(26)14-17/h3-11,14H,12-13H2,1-2H3. The van der Waals surface area contributed by atoms with E-state index in [0.29, 0.717) is 15.6 Å². The number of hydrogen-bond acceptors (Lipinski definition) is 2. The van der Waals surface area contributed by atoms with Crippen LogP contribution in [0.25, 0.3) is 0 Å². The van der Waals surface area contributed by atoms with Crippen LogP contribution in [0.15, 0.2) is 60.7 Å². The summed E-state index contributed by atoms with van der Waals surface area (Å²) < 4.78 is 14.2. The maximum absolute atomic E-state index is 14.2. The van der Waals surface area contributed by atoms with Crippen molar-refractivity contribution in [3.63, 3.8) is 0 Å². The average Bonchev–Trinajstić information content (AvgIpc) is 2.70. The van der Waals surface area contributed by atoms with Crippen LogP contribution in [0.3, 0.4) is 0 Å². The normalized spacial score (nSPS) is 10.7. The Kier molecular flexibility index (Phi) is 6.91. The van der Waals surface area contributed by atoms with E-state index in [0.717, 1.165) is 16.7 Å². The number of aryl methyl sites for hydroxylation is 1. The third kappa shape index (κ3) is 5.26. The van der Waals surface area contributed by atoms with Gasteiger partial charge in [0.1, 0.15) is 11.6 Å². The van der Waals surface area contributed by atoms with Gasteiger partial charge < -0.3 is 4.90 Å². The number of hydrogen-bond donors (Lipinski definition) is 0. The van der Waals surface area contributed by atoms with E-state index < -0.39 is 5.82 Å². The number of Topliss-reactive ketones (excluding diaryl/α,β-unsaturated/α-hetero) is 1. The number of carbonyl (C=O) groups excluding carboxylic acids is 2. The van der Waals surface area contributed by atoms with Crippen molar-refractivity contribution in [2.75, 3.05) is 11.9 Å². The second kappa shape index (κ2) is 9.41. The Hall–Kier alpha value is -2.69. The highest BCUT2D eigenvalue weighted by atomic mass is 35.5. The summed E-state index contributed by atoms with van der Waals surface area (Å²) in [6, 6.07) is 16.6. The SMILES string of the molecule is Cc1ccc(N(C)C(=O)c2ccc(CC(=O)Cc3ccc(Cl)c(Cl)c3)cc2)c(F)c1. The minimum absolute atomic E-state index is 0.0197. The monoisotopic (exact) mass is 443 g/mol. The van der Waals surface area contributed by atoms with Crippen LogP contribution in [0.5, 0.6) is 0 Å². The highest BCUT2D eigenvalue weighted by Gasteiger charge is 2.17. The zero-order valence-electron chi connectivity index (χ0n) is 16.6. The Morgan fingerprint density at radius 3 is 2.13 bits per heavy atom. The first-order valence-corrected chi connectivity index (χ1v) is 10.1. The van der Waals surface area contributed by atoms with Crippen molar-refractivity contribution in [3.05, 3.63) is 98.8 Å². The molecule has 3 nitrogen and oxygen atoms in total. The number of benzene rings is 3. The van der Waals surface area contributed by atoms with E-state index >= 15 is 0 Å². The van der Waals surface area contributed by atoms with Crippen LogP contribution in [-0.2, 0) is 17.6 Å². The van der Waals surface area contributed by atoms with E-state index in [9.17, 15) is 14.0 Å². The summed E-state index contributed by atoms with van der Waals surface area (Å²) in [5, 5.41) is 0.863. The molecule has 0 fully saturated rings. The fourth-order valence-corrected chi connectivity index (χ4v) is 3.44. The average molecular weight is 444 g/mol. The summed E-state index contributed by atoms with van der Waals surface area (Å²) >= 11 is 11.9. The lowest BCUT2D eigenvalue weighted by Crippen LogP contribution is -2.27. The molecule has 154 valence electrons. The molecule has 6 heteroatoms. The molecule has 0 unspecified atom stereocenters. The maximum Gasteiger partial charge on any atom is 0.258 e. The Morgan fingerprint density at radius 1 is 0.867 bits per heavy atom. The van der Waals surface area contributed by atoms with Crippen molar-refractivity contribution >= 4 is 40.6 Å². The molecule has 0 aliphatic carbocycles. The third-order valence-corrected chi connectivity index (χ3v) is 5.50. The van der Waals surface area contributed by atoms with Crippen LogP contribution in [0, 0.1) is 12.7 Å². The van der Waals surface area contributed by atoms with Crippen molar-refractivity contribution in [3.8, 4) is 0 Å². The first kappa shape index (κ1) is 22.0. The van der Waals surface area contributed by atoms with Gasteiger partial charge in [-0.15, -0.1) is 0 Å². The Labute approximate surface area is 185 Å². The minimum atomic E-state index is -0.449. The number of amides is 1. The quantitative estimate of drug-likeness (QED) is 0.463. The van der Waals surface area contributed by atoms with Gasteiger partial charge in [-0.1, -0.05) is 47.5 Å². The molecular formula is C24H20Cl2FNO2. The van der Waals surface area contributed by atoms with Gasteiger partial charge >= 0.3 is 0 Å². The lowest BCUT2D eigenvalue weighted by atomic mass is 10.0. The zero-order valence-corrected chi connectivity index (χ0v) is 18.1. The lowest BCUT2D eigenvalue weighted by Gasteiger charge is -2.18. The fourth-order valence-electron chi connectivity index (χ4n) is 3.12. The summed E-state index contributed by atoms with van der Waals surface area (Å²) in [6.45, 7) is 1.79. The van der Waals surface area contributed by atoms with Crippen molar-refractivity contribution in [1.29, 1.82) is 0 Å². The Balaban J connectivity index is 1.65. The molecular weight excluding hydrogens is 424 g/mol. The first-order chi connectivity index (χ1) is 14.2. The lowest BCUT2D eigenvalue weighted by molar-refractivity contribution is -0.117. The smallest absolute Gasteiger partial charge is 0.258 e. The Morgan fingerprint density at radius 2 is 1.50 bits per heavy atom. The summed E-state index contributed by atoms with van der Waals surface area (Å²) in [5.41, 5.74) is 3.00. The molecule has 0 N–H and O–H groups in total. The number of anilines is 1. The highest BCUT2D eigenvalue weighted by Crippen LogP contribution is 2.23. The number of halogens is 3. The summed E-state index contributed by atoms with van der Waals surface area (Å²) in [6.07, 6.45) is 0.476. The van der Waals surface area contributed by atoms with Gasteiger partial charge in [-0.05, 0) is 60.0 Å². The molecule has 0 atom stereocenters. The van der Waals surface area contributed by atoms with Crippen LogP contribution in [0.1, 0.15) is 27.0 Å². The summed E-state index contributed by atoms with van der Waals surface area (Å²) in [5.74, 6) is -0.756. The molecule has 0 aromatic heterocycles. The van der Waals surface area contributed by atoms with Crippen molar-refractivity contribution in [1.82, 2.24) is 0 Å². The molecule has 0 heterocycles. The molecule has 0 bridgehead atoms. The van der Waals surface area contributed by atoms with Gasteiger partial charge in [-0.3, -0.25) is 9.59 Å². The second-order valence-corrected chi connectivity index (χ2v) is 7.97. The van der Waals surface area contributed by atoms with Crippen LogP contribution in [0.4, 0.5) is 10.1 Å². The van der Waals surface area contributed by atoms with Gasteiger partial charge in [0.25, 0.3) is 5.91 Å². The van der Waals surface area contributed by atoms with E-state index in [1.807, 2.05) is 0 Å². The Bertz CT molecular complexity index is 1100. The number of rotatable bonds is 6. The van der Waals surface area contributed by atoms with Crippen molar-refractivity contribution < 1.29 is 14.0 Å². The highest BCUT2D eigenvalue weighted by molar-refractivity contribution is 6.42. The zero-order chi connectivity index (χ0) is 21.8. The molecule has 3 aromatic carbocycles. The van der Waals surface area contributed by atoms with Gasteiger partial charge in [0, 0.05) is 25.5 Å². The predicted octanol–water partition coefficient (Wildman–Crippen LogP) is 6.07. The van der Waals surface area contributed by atoms with E-state index in [-0.39, 0.29) is 30.2 Å². The molecule has 0 spiro atoms. The third-order valence-electron chi connectivity index (χ3n) is 4.76. The summed E-state index contributed by atoms with van der Waals surface area (Å²) in [4.78, 5) is 26.3. The molecule has 0 saturated carbocycles. The van der Waals surface area contributed by atoms with Crippen LogP contribution in [0.2, 0.25) is 10.0 Å². The number of carbonyl (C=O) groups is 2. The predicted molar refractivity (Wildman–Crippen MR) is 119 cm³/mol. The largest absolute Gasteiger partial charge is 0.309 e. The van der Waals surface area contributed by atoms with Gasteiger partial charge in [-0.2, -0.15) is 0 Å².